The third kappa shape index (κ3) is 5.07. The van der Waals surface area contributed by atoms with E-state index >= 15 is 0 Å². The van der Waals surface area contributed by atoms with Crippen LogP contribution in [-0.2, 0) is 21.2 Å². The fourth-order valence-electron chi connectivity index (χ4n) is 3.24. The van der Waals surface area contributed by atoms with Gasteiger partial charge in [0.05, 0.1) is 5.92 Å². The maximum Gasteiger partial charge on any atom is 0.252 e. The number of nitrogens with one attached hydrogen (secondary N) is 1. The number of hydrogen-bond acceptors (Lipinski definition) is 4. The number of sulfonamides is 1. The summed E-state index contributed by atoms with van der Waals surface area (Å²) in [6.07, 6.45) is 1.94. The summed E-state index contributed by atoms with van der Waals surface area (Å²) in [6, 6.07) is 8.72. The van der Waals surface area contributed by atoms with Crippen LogP contribution < -0.4 is 5.32 Å². The summed E-state index contributed by atoms with van der Waals surface area (Å²) in [5.41, 5.74) is 0.910. The fraction of sp³-hybridized carbons (Fsp3) is 0.421. The Balaban J connectivity index is 1.57. The number of benzene rings is 1. The van der Waals surface area contributed by atoms with Crippen molar-refractivity contribution in [3.05, 3.63) is 50.8 Å². The molecule has 1 saturated heterocycles. The first-order chi connectivity index (χ1) is 13.3. The van der Waals surface area contributed by atoms with Crippen molar-refractivity contribution in [2.24, 2.45) is 5.92 Å². The molecule has 0 saturated carbocycles. The first kappa shape index (κ1) is 21.6. The zero-order valence-electron chi connectivity index (χ0n) is 15.5. The molecule has 3 rings (SSSR count). The molecule has 0 spiro atoms. The minimum atomic E-state index is -3.54. The van der Waals surface area contributed by atoms with Gasteiger partial charge in [-0.05, 0) is 56.0 Å². The lowest BCUT2D eigenvalue weighted by molar-refractivity contribution is -0.126. The molecule has 0 aliphatic carbocycles. The highest BCUT2D eigenvalue weighted by Gasteiger charge is 2.33. The van der Waals surface area contributed by atoms with Crippen LogP contribution in [0.4, 0.5) is 0 Å². The Morgan fingerprint density at radius 2 is 2.07 bits per heavy atom. The van der Waals surface area contributed by atoms with E-state index < -0.39 is 10.0 Å². The highest BCUT2D eigenvalue weighted by Crippen LogP contribution is 2.28. The molecule has 0 bridgehead atoms. The molecule has 5 nitrogen and oxygen atoms in total. The molecule has 1 aliphatic rings. The van der Waals surface area contributed by atoms with E-state index in [0.717, 1.165) is 10.4 Å². The van der Waals surface area contributed by atoms with Gasteiger partial charge in [0.15, 0.2) is 0 Å². The van der Waals surface area contributed by atoms with Crippen molar-refractivity contribution in [3.8, 4) is 0 Å². The second kappa shape index (κ2) is 9.13. The topological polar surface area (TPSA) is 66.5 Å². The lowest BCUT2D eigenvalue weighted by atomic mass is 9.99. The smallest absolute Gasteiger partial charge is 0.252 e. The van der Waals surface area contributed by atoms with Gasteiger partial charge in [-0.15, -0.1) is 11.3 Å². The summed E-state index contributed by atoms with van der Waals surface area (Å²) >= 11 is 13.3. The molecule has 0 radical (unpaired) electrons. The number of piperidine rings is 1. The first-order valence-electron chi connectivity index (χ1n) is 9.05. The summed E-state index contributed by atoms with van der Waals surface area (Å²) in [5, 5.41) is 4.05. The van der Waals surface area contributed by atoms with Crippen LogP contribution in [0.1, 0.15) is 23.3 Å². The Labute approximate surface area is 179 Å². The second-order valence-electron chi connectivity index (χ2n) is 6.84. The molecule has 0 unspecified atom stereocenters. The summed E-state index contributed by atoms with van der Waals surface area (Å²) < 4.78 is 27.4. The lowest BCUT2D eigenvalue weighted by Gasteiger charge is -2.30. The van der Waals surface area contributed by atoms with Gasteiger partial charge in [-0.25, -0.2) is 8.42 Å². The van der Waals surface area contributed by atoms with Crippen LogP contribution in [0.2, 0.25) is 10.0 Å². The quantitative estimate of drug-likeness (QED) is 0.704. The number of thiophene rings is 1. The number of halogens is 2. The van der Waals surface area contributed by atoms with Gasteiger partial charge in [0.2, 0.25) is 5.91 Å². The van der Waals surface area contributed by atoms with Gasteiger partial charge in [0.25, 0.3) is 10.0 Å². The summed E-state index contributed by atoms with van der Waals surface area (Å²) in [7, 11) is -3.54. The molecule has 2 aromatic rings. The molecule has 1 aliphatic heterocycles. The van der Waals surface area contributed by atoms with Crippen molar-refractivity contribution in [1.82, 2.24) is 9.62 Å². The number of hydrogen-bond donors (Lipinski definition) is 1. The largest absolute Gasteiger partial charge is 0.355 e. The average Bonchev–Trinajstić information content (AvgIpc) is 3.11. The van der Waals surface area contributed by atoms with Gasteiger partial charge >= 0.3 is 0 Å². The van der Waals surface area contributed by atoms with Gasteiger partial charge in [0.1, 0.15) is 4.21 Å². The van der Waals surface area contributed by atoms with Gasteiger partial charge in [0, 0.05) is 34.6 Å². The predicted octanol–water partition coefficient (Wildman–Crippen LogP) is 4.12. The van der Waals surface area contributed by atoms with E-state index in [0.29, 0.717) is 46.6 Å². The van der Waals surface area contributed by atoms with E-state index in [-0.39, 0.29) is 18.4 Å². The van der Waals surface area contributed by atoms with E-state index in [4.69, 9.17) is 23.2 Å². The van der Waals surface area contributed by atoms with Crippen molar-refractivity contribution >= 4 is 50.5 Å². The molecule has 1 amide bonds. The number of rotatable bonds is 6. The maximum atomic E-state index is 12.8. The molecule has 2 heterocycles. The molecule has 1 aromatic carbocycles. The number of carbonyl (C=O) groups excluding carboxylic acids is 1. The second-order valence-corrected chi connectivity index (χ2v) is 11.1. The Kier molecular flexibility index (Phi) is 7.04. The summed E-state index contributed by atoms with van der Waals surface area (Å²) in [6.45, 7) is 2.98. The van der Waals surface area contributed by atoms with E-state index in [2.05, 4.69) is 5.32 Å². The third-order valence-electron chi connectivity index (χ3n) is 4.77. The van der Waals surface area contributed by atoms with Crippen LogP contribution in [0.25, 0.3) is 0 Å². The van der Waals surface area contributed by atoms with Crippen molar-refractivity contribution in [3.63, 3.8) is 0 Å². The monoisotopic (exact) mass is 460 g/mol. The van der Waals surface area contributed by atoms with Crippen molar-refractivity contribution in [2.75, 3.05) is 19.6 Å². The van der Waals surface area contributed by atoms with Crippen LogP contribution in [0.15, 0.2) is 34.5 Å². The van der Waals surface area contributed by atoms with Crippen molar-refractivity contribution in [1.29, 1.82) is 0 Å². The third-order valence-corrected chi connectivity index (χ3v) is 8.69. The Morgan fingerprint density at radius 3 is 2.75 bits per heavy atom. The minimum absolute atomic E-state index is 0.118. The van der Waals surface area contributed by atoms with Gasteiger partial charge in [-0.3, -0.25) is 4.79 Å². The molecule has 1 N–H and O–H groups in total. The molecule has 1 aromatic heterocycles. The van der Waals surface area contributed by atoms with E-state index in [1.807, 2.05) is 13.0 Å². The predicted molar refractivity (Wildman–Crippen MR) is 114 cm³/mol. The maximum absolute atomic E-state index is 12.8. The number of carbonyl (C=O) groups is 1. The highest BCUT2D eigenvalue weighted by atomic mass is 35.5. The Morgan fingerprint density at radius 1 is 1.29 bits per heavy atom. The standard InChI is InChI=1S/C19H22Cl2N2O3S2/c1-13-4-7-18(27-13)28(25,26)23-10-2-3-15(12-23)19(24)22-9-8-14-5-6-16(20)11-17(14)21/h4-7,11,15H,2-3,8-10,12H2,1H3,(H,22,24)/t15-/m0/s1. The van der Waals surface area contributed by atoms with Crippen LogP contribution in [-0.4, -0.2) is 38.3 Å². The normalized spacial score (nSPS) is 18.2. The number of amides is 1. The molecule has 9 heteroatoms. The van der Waals surface area contributed by atoms with Gasteiger partial charge < -0.3 is 5.32 Å². The zero-order valence-corrected chi connectivity index (χ0v) is 18.6. The van der Waals surface area contributed by atoms with Crippen LogP contribution >= 0.6 is 34.5 Å². The Bertz CT molecular complexity index is 960. The number of nitrogens with zero attached hydrogens (tertiary/aromatic N) is 1. The first-order valence-corrected chi connectivity index (χ1v) is 12.1. The fourth-order valence-corrected chi connectivity index (χ4v) is 6.71. The molecule has 1 atom stereocenters. The summed E-state index contributed by atoms with van der Waals surface area (Å²) in [4.78, 5) is 13.5. The zero-order chi connectivity index (χ0) is 20.3. The van der Waals surface area contributed by atoms with E-state index in [1.165, 1.54) is 15.6 Å². The lowest BCUT2D eigenvalue weighted by Crippen LogP contribution is -2.45. The Hall–Kier alpha value is -1.12. The van der Waals surface area contributed by atoms with Crippen molar-refractivity contribution in [2.45, 2.75) is 30.4 Å². The van der Waals surface area contributed by atoms with Crippen LogP contribution in [0, 0.1) is 12.8 Å². The highest BCUT2D eigenvalue weighted by molar-refractivity contribution is 7.91. The van der Waals surface area contributed by atoms with E-state index in [1.54, 1.807) is 24.3 Å². The SMILES string of the molecule is Cc1ccc(S(=O)(=O)N2CCC[C@H](C(=O)NCCc3ccc(Cl)cc3Cl)C2)s1. The molecule has 1 fully saturated rings. The van der Waals surface area contributed by atoms with Gasteiger partial charge in [-0.1, -0.05) is 29.3 Å². The molecular formula is C19H22Cl2N2O3S2. The van der Waals surface area contributed by atoms with Crippen LogP contribution in [0.5, 0.6) is 0 Å². The summed E-state index contributed by atoms with van der Waals surface area (Å²) in [5.74, 6) is -0.461. The molecule has 152 valence electrons. The molecule has 28 heavy (non-hydrogen) atoms. The molecular weight excluding hydrogens is 439 g/mol. The minimum Gasteiger partial charge on any atom is -0.355 e. The van der Waals surface area contributed by atoms with E-state index in [9.17, 15) is 13.2 Å². The number of aryl methyl sites for hydroxylation is 1. The van der Waals surface area contributed by atoms with Crippen molar-refractivity contribution < 1.29 is 13.2 Å². The van der Waals surface area contributed by atoms with Gasteiger partial charge in [-0.2, -0.15) is 4.31 Å². The average molecular weight is 461 g/mol. The van der Waals surface area contributed by atoms with Crippen LogP contribution in [0.3, 0.4) is 0 Å².